The van der Waals surface area contributed by atoms with Gasteiger partial charge in [0, 0.05) is 0 Å². The molecule has 0 aromatic heterocycles. The van der Waals surface area contributed by atoms with Crippen molar-refractivity contribution in [3.05, 3.63) is 72.4 Å². The second kappa shape index (κ2) is 20.2. The van der Waals surface area contributed by atoms with E-state index < -0.39 is 0 Å². The molecule has 0 saturated carbocycles. The summed E-state index contributed by atoms with van der Waals surface area (Å²) in [6.07, 6.45) is 8.20. The molecule has 0 heterocycles. The van der Waals surface area contributed by atoms with Crippen LogP contribution in [0.3, 0.4) is 0 Å². The number of allylic oxidation sites excluding steroid dienone is 6. The van der Waals surface area contributed by atoms with Crippen LogP contribution in [0.25, 0.3) is 11.1 Å². The summed E-state index contributed by atoms with van der Waals surface area (Å²) in [6, 6.07) is 8.52. The maximum absolute atomic E-state index is 4.50. The molecule has 1 heteroatoms. The smallest absolute Gasteiger partial charge is 0.0102 e. The summed E-state index contributed by atoms with van der Waals surface area (Å²) >= 11 is 0. The summed E-state index contributed by atoms with van der Waals surface area (Å²) in [5.74, 6) is 0. The van der Waals surface area contributed by atoms with Crippen molar-refractivity contribution >= 4 is 11.1 Å². The molecule has 0 atom stereocenters. The lowest BCUT2D eigenvalue weighted by Gasteiger charge is -2.05. The largest absolute Gasteiger partial charge is 0.333 e. The fourth-order valence-electron chi connectivity index (χ4n) is 2.48. The van der Waals surface area contributed by atoms with E-state index >= 15 is 0 Å². The Morgan fingerprint density at radius 2 is 1.36 bits per heavy atom. The molecule has 1 nitrogen and oxygen atoms in total. The zero-order valence-corrected chi connectivity index (χ0v) is 17.9. The maximum Gasteiger partial charge on any atom is -0.0102 e. The van der Waals surface area contributed by atoms with E-state index in [1.54, 1.807) is 0 Å². The third kappa shape index (κ3) is 8.18. The molecule has 2 N–H and O–H groups in total. The predicted molar refractivity (Wildman–Crippen MR) is 121 cm³/mol. The van der Waals surface area contributed by atoms with Gasteiger partial charge in [-0.25, -0.2) is 0 Å². The zero-order chi connectivity index (χ0) is 20.3. The average Bonchev–Trinajstić information content (AvgIpc) is 3.01. The van der Waals surface area contributed by atoms with Gasteiger partial charge in [0.2, 0.25) is 0 Å². The Morgan fingerprint density at radius 3 is 1.76 bits per heavy atom. The Bertz CT molecular complexity index is 519. The van der Waals surface area contributed by atoms with Gasteiger partial charge in [-0.3, -0.25) is 0 Å². The summed E-state index contributed by atoms with van der Waals surface area (Å²) in [6.45, 7) is 22.0. The third-order valence-corrected chi connectivity index (χ3v) is 3.15. The highest BCUT2D eigenvalue weighted by Gasteiger charge is 2.22. The van der Waals surface area contributed by atoms with Gasteiger partial charge in [0.1, 0.15) is 0 Å². The molecule has 0 aliphatic heterocycles. The molecule has 1 aromatic carbocycles. The fraction of sp³-hybridized carbons (Fsp3) is 0.417. The molecule has 1 aliphatic rings. The van der Waals surface area contributed by atoms with Crippen LogP contribution in [-0.4, -0.2) is 7.05 Å². The van der Waals surface area contributed by atoms with E-state index in [-0.39, 0.29) is 0 Å². The first kappa shape index (κ1) is 28.0. The summed E-state index contributed by atoms with van der Waals surface area (Å²) in [5.41, 5.74) is 11.1. The van der Waals surface area contributed by atoms with Crippen LogP contribution in [0.2, 0.25) is 0 Å². The number of benzene rings is 1. The molecule has 25 heavy (non-hydrogen) atoms. The van der Waals surface area contributed by atoms with Crippen LogP contribution in [0.4, 0.5) is 0 Å². The number of hydrogen-bond acceptors (Lipinski definition) is 1. The van der Waals surface area contributed by atoms with Gasteiger partial charge in [0.05, 0.1) is 0 Å². The summed E-state index contributed by atoms with van der Waals surface area (Å²) in [4.78, 5) is 0. The topological polar surface area (TPSA) is 26.0 Å². The van der Waals surface area contributed by atoms with E-state index in [2.05, 4.69) is 56.2 Å². The minimum atomic E-state index is 1.09. The fourth-order valence-corrected chi connectivity index (χ4v) is 2.48. The van der Waals surface area contributed by atoms with Crippen LogP contribution >= 0.6 is 0 Å². The van der Waals surface area contributed by atoms with Gasteiger partial charge in [0.25, 0.3) is 0 Å². The molecule has 0 amide bonds. The van der Waals surface area contributed by atoms with Crippen LogP contribution < -0.4 is 5.73 Å². The van der Waals surface area contributed by atoms with Gasteiger partial charge >= 0.3 is 0 Å². The van der Waals surface area contributed by atoms with Crippen molar-refractivity contribution in [1.29, 1.82) is 0 Å². The van der Waals surface area contributed by atoms with E-state index in [4.69, 9.17) is 0 Å². The van der Waals surface area contributed by atoms with Crippen molar-refractivity contribution in [1.82, 2.24) is 0 Å². The summed E-state index contributed by atoms with van der Waals surface area (Å²) in [5, 5.41) is 0. The quantitative estimate of drug-likeness (QED) is 0.596. The van der Waals surface area contributed by atoms with Crippen LogP contribution in [0, 0.1) is 0 Å². The lowest BCUT2D eigenvalue weighted by Crippen LogP contribution is -1.84. The molecule has 0 radical (unpaired) electrons. The molecule has 1 aliphatic carbocycles. The summed E-state index contributed by atoms with van der Waals surface area (Å²) < 4.78 is 0. The van der Waals surface area contributed by atoms with Gasteiger partial charge < -0.3 is 5.73 Å². The Hall–Kier alpha value is -1.86. The average molecular weight is 344 g/mol. The molecule has 2 rings (SSSR count). The molecule has 1 aromatic rings. The minimum Gasteiger partial charge on any atom is -0.333 e. The molecule has 0 saturated heterocycles. The van der Waals surface area contributed by atoms with Crippen LogP contribution in [-0.2, 0) is 0 Å². The Morgan fingerprint density at radius 1 is 0.880 bits per heavy atom. The number of rotatable bonds is 4. The first-order valence-electron chi connectivity index (χ1n) is 9.69. The Balaban J connectivity index is -0.000000533. The molecule has 0 unspecified atom stereocenters. The van der Waals surface area contributed by atoms with E-state index in [1.807, 2.05) is 53.7 Å². The molecule has 0 fully saturated rings. The van der Waals surface area contributed by atoms with Gasteiger partial charge in [-0.15, -0.1) is 0 Å². The van der Waals surface area contributed by atoms with Crippen molar-refractivity contribution in [2.24, 2.45) is 5.73 Å². The third-order valence-electron chi connectivity index (χ3n) is 3.15. The number of hydrogen-bond donors (Lipinski definition) is 1. The van der Waals surface area contributed by atoms with Crippen molar-refractivity contribution in [3.63, 3.8) is 0 Å². The first-order chi connectivity index (χ1) is 12.3. The van der Waals surface area contributed by atoms with Crippen molar-refractivity contribution in [2.75, 3.05) is 7.05 Å². The van der Waals surface area contributed by atoms with E-state index in [1.165, 1.54) is 34.9 Å². The van der Waals surface area contributed by atoms with E-state index in [0.717, 1.165) is 12.8 Å². The Kier molecular flexibility index (Phi) is 22.6. The standard InChI is InChI=1S/C17H18.3C2H6.CH5N/c1-4-9-14-13(6-3)16-11-7-8-12-17(16)15(14)10-5-2;4*1-2/h5-8,10-12H,2-4,9H2,1H3;3*1-2H3;2H2,1H3/b15-10+;;;;. The highest BCUT2D eigenvalue weighted by molar-refractivity contribution is 6.03. The van der Waals surface area contributed by atoms with Crippen LogP contribution in [0.1, 0.15) is 72.4 Å². The molecular weight excluding hydrogens is 302 g/mol. The van der Waals surface area contributed by atoms with Crippen molar-refractivity contribution in [2.45, 2.75) is 61.3 Å². The molecule has 0 bridgehead atoms. The molecule has 0 spiro atoms. The number of nitrogens with two attached hydrogens (primary N) is 1. The van der Waals surface area contributed by atoms with Crippen LogP contribution in [0.15, 0.2) is 61.2 Å². The highest BCUT2D eigenvalue weighted by atomic mass is 14.4. The van der Waals surface area contributed by atoms with Gasteiger partial charge in [0.15, 0.2) is 0 Å². The Labute approximate surface area is 158 Å². The molecular formula is C24H41N. The van der Waals surface area contributed by atoms with E-state index in [9.17, 15) is 0 Å². The highest BCUT2D eigenvalue weighted by Crippen LogP contribution is 2.43. The van der Waals surface area contributed by atoms with Crippen molar-refractivity contribution < 1.29 is 0 Å². The first-order valence-corrected chi connectivity index (χ1v) is 9.69. The monoisotopic (exact) mass is 343 g/mol. The minimum absolute atomic E-state index is 1.09. The summed E-state index contributed by atoms with van der Waals surface area (Å²) in [7, 11) is 1.50. The predicted octanol–water partition coefficient (Wildman–Crippen LogP) is 7.66. The van der Waals surface area contributed by atoms with Crippen LogP contribution in [0.5, 0.6) is 0 Å². The SMILES string of the molecule is C=C/C=C1\C(CCC)=C(C=C)c2ccccc21.CC.CC.CC.CN. The number of fused-ring (bicyclic) bond motifs is 1. The second-order valence-corrected chi connectivity index (χ2v) is 4.21. The van der Waals surface area contributed by atoms with Gasteiger partial charge in [-0.2, -0.15) is 0 Å². The zero-order valence-electron chi connectivity index (χ0n) is 17.9. The van der Waals surface area contributed by atoms with Gasteiger partial charge in [-0.05, 0) is 41.3 Å². The van der Waals surface area contributed by atoms with E-state index in [0.29, 0.717) is 0 Å². The lowest BCUT2D eigenvalue weighted by atomic mass is 9.99. The molecule has 142 valence electrons. The van der Waals surface area contributed by atoms with Gasteiger partial charge in [-0.1, -0.05) is 111 Å². The van der Waals surface area contributed by atoms with Crippen molar-refractivity contribution in [3.8, 4) is 0 Å². The normalized spacial score (nSPS) is 12.0. The lowest BCUT2D eigenvalue weighted by molar-refractivity contribution is 0.936. The maximum atomic E-state index is 4.50. The second-order valence-electron chi connectivity index (χ2n) is 4.21.